The Morgan fingerprint density at radius 1 is 1.35 bits per heavy atom. The van der Waals surface area contributed by atoms with E-state index >= 15 is 0 Å². The van der Waals surface area contributed by atoms with E-state index in [0.717, 1.165) is 25.0 Å². The minimum absolute atomic E-state index is 0.139. The number of carbonyl (C=O) groups excluding carboxylic acids is 1. The van der Waals surface area contributed by atoms with Crippen LogP contribution < -0.4 is 4.74 Å². The average Bonchev–Trinajstić information content (AvgIpc) is 2.49. The number of hydrogen-bond acceptors (Lipinski definition) is 2. The summed E-state index contributed by atoms with van der Waals surface area (Å²) in [5, 5.41) is 0.690. The van der Waals surface area contributed by atoms with Gasteiger partial charge in [-0.25, -0.2) is 0 Å². The normalized spacial score (nSPS) is 17.8. The van der Waals surface area contributed by atoms with E-state index in [-0.39, 0.29) is 11.8 Å². The molecule has 1 aliphatic rings. The Morgan fingerprint density at radius 3 is 2.75 bits per heavy atom. The monoisotopic (exact) mass is 293 g/mol. The molecule has 0 fully saturated rings. The Bertz CT molecular complexity index is 470. The molecule has 1 amide bonds. The van der Waals surface area contributed by atoms with Crippen LogP contribution in [0.15, 0.2) is 36.4 Å². The van der Waals surface area contributed by atoms with E-state index in [1.807, 2.05) is 19.2 Å². The maximum absolute atomic E-state index is 12.2. The third-order valence-electron chi connectivity index (χ3n) is 3.50. The molecule has 1 aromatic rings. The van der Waals surface area contributed by atoms with Gasteiger partial charge in [0.05, 0.1) is 6.54 Å². The highest BCUT2D eigenvalue weighted by Gasteiger charge is 2.21. The summed E-state index contributed by atoms with van der Waals surface area (Å²) in [6, 6.07) is 7.24. The summed E-state index contributed by atoms with van der Waals surface area (Å²) in [4.78, 5) is 14.0. The lowest BCUT2D eigenvalue weighted by molar-refractivity contribution is -0.134. The summed E-state index contributed by atoms with van der Waals surface area (Å²) in [5.74, 6) is 1.13. The zero-order valence-electron chi connectivity index (χ0n) is 11.7. The maximum Gasteiger partial charge on any atom is 0.225 e. The Morgan fingerprint density at radius 2 is 2.10 bits per heavy atom. The van der Waals surface area contributed by atoms with Gasteiger partial charge in [-0.15, -0.1) is 0 Å². The van der Waals surface area contributed by atoms with Crippen LogP contribution in [0.1, 0.15) is 19.3 Å². The molecule has 0 heterocycles. The summed E-state index contributed by atoms with van der Waals surface area (Å²) in [6.07, 6.45) is 7.07. The zero-order valence-corrected chi connectivity index (χ0v) is 12.5. The van der Waals surface area contributed by atoms with Crippen LogP contribution in [0.2, 0.25) is 5.02 Å². The van der Waals surface area contributed by atoms with E-state index in [1.54, 1.807) is 17.0 Å². The topological polar surface area (TPSA) is 29.5 Å². The lowest BCUT2D eigenvalue weighted by Gasteiger charge is -2.24. The minimum atomic E-state index is 0.139. The van der Waals surface area contributed by atoms with Gasteiger partial charge < -0.3 is 9.64 Å². The Kier molecular flexibility index (Phi) is 5.48. The van der Waals surface area contributed by atoms with Gasteiger partial charge in [-0.1, -0.05) is 23.8 Å². The first kappa shape index (κ1) is 14.9. The highest BCUT2D eigenvalue weighted by atomic mass is 35.5. The fraction of sp³-hybridized carbons (Fsp3) is 0.438. The quantitative estimate of drug-likeness (QED) is 0.777. The molecule has 0 radical (unpaired) electrons. The molecule has 1 atom stereocenters. The number of allylic oxidation sites excluding steroid dienone is 2. The first-order valence-electron chi connectivity index (χ1n) is 6.95. The van der Waals surface area contributed by atoms with E-state index in [9.17, 15) is 4.79 Å². The number of likely N-dealkylation sites (N-methyl/N-ethyl adjacent to an activating group) is 1. The summed E-state index contributed by atoms with van der Waals surface area (Å²) >= 11 is 5.81. The van der Waals surface area contributed by atoms with Crippen molar-refractivity contribution in [1.29, 1.82) is 0 Å². The van der Waals surface area contributed by atoms with Crippen LogP contribution >= 0.6 is 11.6 Å². The highest BCUT2D eigenvalue weighted by molar-refractivity contribution is 6.30. The van der Waals surface area contributed by atoms with Crippen LogP contribution in [0, 0.1) is 5.92 Å². The second-order valence-electron chi connectivity index (χ2n) is 5.04. The predicted molar refractivity (Wildman–Crippen MR) is 81.1 cm³/mol. The minimum Gasteiger partial charge on any atom is -0.492 e. The van der Waals surface area contributed by atoms with Gasteiger partial charge in [-0.2, -0.15) is 0 Å². The smallest absolute Gasteiger partial charge is 0.225 e. The molecule has 2 rings (SSSR count). The van der Waals surface area contributed by atoms with Crippen LogP contribution in [-0.4, -0.2) is 31.0 Å². The number of ether oxygens (including phenoxy) is 1. The van der Waals surface area contributed by atoms with Gasteiger partial charge in [0.25, 0.3) is 0 Å². The Hall–Kier alpha value is -1.48. The fourth-order valence-corrected chi connectivity index (χ4v) is 2.40. The van der Waals surface area contributed by atoms with Crippen LogP contribution in [0.25, 0.3) is 0 Å². The van der Waals surface area contributed by atoms with Crippen LogP contribution in [0.5, 0.6) is 5.75 Å². The molecule has 1 aliphatic carbocycles. The van der Waals surface area contributed by atoms with Crippen LogP contribution in [0.4, 0.5) is 0 Å². The summed E-state index contributed by atoms with van der Waals surface area (Å²) in [5.41, 5.74) is 0. The standard InChI is InChI=1S/C16H20ClNO2/c1-18(16(19)13-5-3-2-4-6-13)11-12-20-15-9-7-14(17)8-10-15/h2-3,7-10,13H,4-6,11-12H2,1H3/t13-/m1/s1. The van der Waals surface area contributed by atoms with Crippen molar-refractivity contribution in [3.05, 3.63) is 41.4 Å². The molecule has 20 heavy (non-hydrogen) atoms. The van der Waals surface area contributed by atoms with Crippen molar-refractivity contribution in [3.63, 3.8) is 0 Å². The van der Waals surface area contributed by atoms with Crippen LogP contribution in [0.3, 0.4) is 0 Å². The average molecular weight is 294 g/mol. The van der Waals surface area contributed by atoms with Gasteiger partial charge in [0, 0.05) is 18.0 Å². The number of carbonyl (C=O) groups is 1. The summed E-state index contributed by atoms with van der Waals surface area (Å²) in [7, 11) is 1.84. The third kappa shape index (κ3) is 4.27. The van der Waals surface area contributed by atoms with E-state index in [0.29, 0.717) is 18.2 Å². The number of nitrogens with zero attached hydrogens (tertiary/aromatic N) is 1. The number of rotatable bonds is 5. The van der Waals surface area contributed by atoms with Gasteiger partial charge >= 0.3 is 0 Å². The molecule has 0 aromatic heterocycles. The molecule has 4 heteroatoms. The molecule has 108 valence electrons. The van der Waals surface area contributed by atoms with Crippen molar-refractivity contribution in [2.75, 3.05) is 20.2 Å². The lowest BCUT2D eigenvalue weighted by atomic mass is 9.93. The Balaban J connectivity index is 1.74. The Labute approximate surface area is 125 Å². The van der Waals surface area contributed by atoms with Gasteiger partial charge in [0.1, 0.15) is 12.4 Å². The molecule has 0 saturated carbocycles. The zero-order chi connectivity index (χ0) is 14.4. The highest BCUT2D eigenvalue weighted by Crippen LogP contribution is 2.20. The SMILES string of the molecule is CN(CCOc1ccc(Cl)cc1)C(=O)[C@@H]1CC=CCC1. The van der Waals surface area contributed by atoms with E-state index in [2.05, 4.69) is 12.2 Å². The number of amides is 1. The van der Waals surface area contributed by atoms with Crippen molar-refractivity contribution < 1.29 is 9.53 Å². The number of halogens is 1. The molecule has 0 saturated heterocycles. The molecule has 0 unspecified atom stereocenters. The molecule has 0 N–H and O–H groups in total. The van der Waals surface area contributed by atoms with Gasteiger partial charge in [0.2, 0.25) is 5.91 Å². The number of hydrogen-bond donors (Lipinski definition) is 0. The third-order valence-corrected chi connectivity index (χ3v) is 3.76. The fourth-order valence-electron chi connectivity index (χ4n) is 2.27. The molecule has 0 bridgehead atoms. The molecular formula is C16H20ClNO2. The molecular weight excluding hydrogens is 274 g/mol. The second-order valence-corrected chi connectivity index (χ2v) is 5.48. The largest absolute Gasteiger partial charge is 0.492 e. The van der Waals surface area contributed by atoms with E-state index < -0.39 is 0 Å². The van der Waals surface area contributed by atoms with Crippen molar-refractivity contribution in [1.82, 2.24) is 4.90 Å². The van der Waals surface area contributed by atoms with Gasteiger partial charge in [-0.05, 0) is 43.5 Å². The number of benzene rings is 1. The molecule has 1 aromatic carbocycles. The molecule has 3 nitrogen and oxygen atoms in total. The van der Waals surface area contributed by atoms with E-state index in [4.69, 9.17) is 16.3 Å². The summed E-state index contributed by atoms with van der Waals surface area (Å²) in [6.45, 7) is 1.09. The first-order chi connectivity index (χ1) is 9.66. The van der Waals surface area contributed by atoms with Crippen molar-refractivity contribution in [2.45, 2.75) is 19.3 Å². The van der Waals surface area contributed by atoms with Gasteiger partial charge in [0.15, 0.2) is 0 Å². The maximum atomic E-state index is 12.2. The first-order valence-corrected chi connectivity index (χ1v) is 7.33. The van der Waals surface area contributed by atoms with Gasteiger partial charge in [-0.3, -0.25) is 4.79 Å². The molecule has 0 spiro atoms. The molecule has 0 aliphatic heterocycles. The van der Waals surface area contributed by atoms with E-state index in [1.165, 1.54) is 0 Å². The van der Waals surface area contributed by atoms with Crippen molar-refractivity contribution >= 4 is 17.5 Å². The van der Waals surface area contributed by atoms with Crippen molar-refractivity contribution in [3.8, 4) is 5.75 Å². The van der Waals surface area contributed by atoms with Crippen molar-refractivity contribution in [2.24, 2.45) is 5.92 Å². The van der Waals surface area contributed by atoms with Crippen LogP contribution in [-0.2, 0) is 4.79 Å². The second kappa shape index (κ2) is 7.34. The predicted octanol–water partition coefficient (Wildman–Crippen LogP) is 3.53. The summed E-state index contributed by atoms with van der Waals surface area (Å²) < 4.78 is 5.60. The lowest BCUT2D eigenvalue weighted by Crippen LogP contribution is -2.36.